The van der Waals surface area contributed by atoms with Gasteiger partial charge in [0.05, 0.1) is 0 Å². The molecule has 1 aliphatic rings. The molecule has 0 aromatic rings. The van der Waals surface area contributed by atoms with Crippen molar-refractivity contribution in [2.24, 2.45) is 0 Å². The molecule has 1 aliphatic heterocycles. The number of nitrogens with one attached hydrogen (secondary N) is 1. The molecule has 0 unspecified atom stereocenters. The predicted molar refractivity (Wildman–Crippen MR) is 77.5 cm³/mol. The summed E-state index contributed by atoms with van der Waals surface area (Å²) < 4.78 is 5.17. The lowest BCUT2D eigenvalue weighted by molar-refractivity contribution is -0.158. The van der Waals surface area contributed by atoms with E-state index < -0.39 is 17.6 Å². The minimum Gasteiger partial charge on any atom is -0.458 e. The highest BCUT2D eigenvalue weighted by Gasteiger charge is 2.24. The monoisotopic (exact) mass is 302 g/mol. The number of rotatable bonds is 5. The highest BCUT2D eigenvalue weighted by atomic mass is 32.2. The summed E-state index contributed by atoms with van der Waals surface area (Å²) in [6.07, 6.45) is 0.194. The molecule has 1 saturated heterocycles. The number of hydrogen-bond acceptors (Lipinski definition) is 5. The van der Waals surface area contributed by atoms with Gasteiger partial charge in [0.2, 0.25) is 5.91 Å². The minimum atomic E-state index is -0.689. The van der Waals surface area contributed by atoms with Crippen molar-refractivity contribution in [2.75, 3.05) is 18.8 Å². The van der Waals surface area contributed by atoms with E-state index in [1.807, 2.05) is 0 Å². The average Bonchev–Trinajstić information content (AvgIpc) is 2.70. The summed E-state index contributed by atoms with van der Waals surface area (Å²) in [7, 11) is 0. The molecule has 1 N–H and O–H groups in total. The largest absolute Gasteiger partial charge is 0.458 e. The lowest BCUT2D eigenvalue weighted by Gasteiger charge is -2.23. The van der Waals surface area contributed by atoms with Gasteiger partial charge in [-0.1, -0.05) is 11.8 Å². The van der Waals surface area contributed by atoms with E-state index >= 15 is 0 Å². The van der Waals surface area contributed by atoms with Crippen LogP contribution < -0.4 is 5.32 Å². The summed E-state index contributed by atoms with van der Waals surface area (Å²) in [5.41, 5.74) is -0.574. The number of ether oxygens (including phenoxy) is 1. The fraction of sp³-hybridized carbons (Fsp3) is 0.769. The highest BCUT2D eigenvalue weighted by Crippen LogP contribution is 2.17. The number of amides is 2. The molecule has 0 spiro atoms. The fourth-order valence-corrected chi connectivity index (χ4v) is 2.48. The molecular weight excluding hydrogens is 280 g/mol. The predicted octanol–water partition coefficient (Wildman–Crippen LogP) is 1.39. The van der Waals surface area contributed by atoms with Gasteiger partial charge in [0, 0.05) is 25.3 Å². The lowest BCUT2D eigenvalue weighted by atomic mass is 10.2. The fourth-order valence-electron chi connectivity index (χ4n) is 1.63. The third kappa shape index (κ3) is 5.81. The van der Waals surface area contributed by atoms with Crippen LogP contribution in [0.15, 0.2) is 0 Å². The van der Waals surface area contributed by atoms with Crippen LogP contribution in [0.2, 0.25) is 0 Å². The zero-order valence-electron chi connectivity index (χ0n) is 12.4. The second-order valence-electron chi connectivity index (χ2n) is 5.67. The van der Waals surface area contributed by atoms with Crippen LogP contribution in [-0.2, 0) is 14.3 Å². The van der Waals surface area contributed by atoms with Crippen molar-refractivity contribution in [3.8, 4) is 0 Å². The molecular formula is C13H22N2O4S. The van der Waals surface area contributed by atoms with Gasteiger partial charge >= 0.3 is 5.97 Å². The van der Waals surface area contributed by atoms with Gasteiger partial charge in [-0.05, 0) is 27.7 Å². The van der Waals surface area contributed by atoms with Crippen molar-refractivity contribution in [3.05, 3.63) is 0 Å². The van der Waals surface area contributed by atoms with Crippen LogP contribution in [0.5, 0.6) is 0 Å². The van der Waals surface area contributed by atoms with E-state index in [4.69, 9.17) is 4.74 Å². The standard InChI is InChI=1S/C13H22N2O4S/c1-9(11(17)19-13(2,3)4)14-10(16)5-6-15-7-8-20-12(15)18/h9H,5-8H2,1-4H3,(H,14,16)/t9-/m1/s1. The van der Waals surface area contributed by atoms with Gasteiger partial charge < -0.3 is 15.0 Å². The third-order valence-corrected chi connectivity index (χ3v) is 3.48. The first-order valence-corrected chi connectivity index (χ1v) is 7.61. The quantitative estimate of drug-likeness (QED) is 0.777. The van der Waals surface area contributed by atoms with Gasteiger partial charge in [-0.3, -0.25) is 9.59 Å². The van der Waals surface area contributed by atoms with Crippen LogP contribution in [0, 0.1) is 0 Å². The smallest absolute Gasteiger partial charge is 0.328 e. The molecule has 0 aromatic carbocycles. The molecule has 0 aliphatic carbocycles. The number of carbonyl (C=O) groups excluding carboxylic acids is 3. The maximum atomic E-state index is 11.7. The Morgan fingerprint density at radius 2 is 2.10 bits per heavy atom. The molecule has 2 amide bonds. The number of thioether (sulfide) groups is 1. The van der Waals surface area contributed by atoms with E-state index in [0.29, 0.717) is 13.1 Å². The maximum Gasteiger partial charge on any atom is 0.328 e. The molecule has 1 fully saturated rings. The van der Waals surface area contributed by atoms with Gasteiger partial charge in [0.15, 0.2) is 0 Å². The molecule has 6 nitrogen and oxygen atoms in total. The zero-order valence-corrected chi connectivity index (χ0v) is 13.2. The first-order chi connectivity index (χ1) is 9.19. The maximum absolute atomic E-state index is 11.7. The number of carbonyl (C=O) groups is 3. The molecule has 0 aromatic heterocycles. The minimum absolute atomic E-state index is 0.0120. The SMILES string of the molecule is C[C@@H](NC(=O)CCN1CCSC1=O)C(=O)OC(C)(C)C. The highest BCUT2D eigenvalue weighted by molar-refractivity contribution is 8.13. The van der Waals surface area contributed by atoms with Crippen LogP contribution in [0.4, 0.5) is 4.79 Å². The molecule has 1 atom stereocenters. The molecule has 0 saturated carbocycles. The van der Waals surface area contributed by atoms with Crippen LogP contribution in [-0.4, -0.2) is 52.5 Å². The second kappa shape index (κ2) is 6.97. The van der Waals surface area contributed by atoms with Crippen LogP contribution in [0.1, 0.15) is 34.1 Å². The van der Waals surface area contributed by atoms with E-state index in [2.05, 4.69) is 5.32 Å². The van der Waals surface area contributed by atoms with E-state index in [1.165, 1.54) is 11.8 Å². The van der Waals surface area contributed by atoms with E-state index in [-0.39, 0.29) is 17.6 Å². The molecule has 0 radical (unpaired) electrons. The molecule has 20 heavy (non-hydrogen) atoms. The van der Waals surface area contributed by atoms with Crippen LogP contribution in [0.25, 0.3) is 0 Å². The summed E-state index contributed by atoms with van der Waals surface area (Å²) in [6, 6.07) is -0.689. The summed E-state index contributed by atoms with van der Waals surface area (Å²) in [5, 5.41) is 2.59. The van der Waals surface area contributed by atoms with Crippen LogP contribution >= 0.6 is 11.8 Å². The molecule has 1 rings (SSSR count). The first-order valence-electron chi connectivity index (χ1n) is 6.63. The Balaban J connectivity index is 2.30. The van der Waals surface area contributed by atoms with Crippen molar-refractivity contribution in [1.29, 1.82) is 0 Å². The molecule has 0 bridgehead atoms. The Morgan fingerprint density at radius 3 is 2.60 bits per heavy atom. The molecule has 7 heteroatoms. The van der Waals surface area contributed by atoms with E-state index in [0.717, 1.165) is 5.75 Å². The number of esters is 1. The average molecular weight is 302 g/mol. The number of hydrogen-bond donors (Lipinski definition) is 1. The van der Waals surface area contributed by atoms with Crippen LogP contribution in [0.3, 0.4) is 0 Å². The van der Waals surface area contributed by atoms with Crippen molar-refractivity contribution in [1.82, 2.24) is 10.2 Å². The summed E-state index contributed by atoms with van der Waals surface area (Å²) in [5.74, 6) is 0.0566. The Morgan fingerprint density at radius 1 is 1.45 bits per heavy atom. The van der Waals surface area contributed by atoms with Crippen molar-refractivity contribution < 1.29 is 19.1 Å². The summed E-state index contributed by atoms with van der Waals surface area (Å²) in [6.45, 7) is 7.97. The van der Waals surface area contributed by atoms with Crippen molar-refractivity contribution in [2.45, 2.75) is 45.8 Å². The summed E-state index contributed by atoms with van der Waals surface area (Å²) in [4.78, 5) is 36.4. The van der Waals surface area contributed by atoms with Crippen molar-refractivity contribution in [3.63, 3.8) is 0 Å². The van der Waals surface area contributed by atoms with E-state index in [1.54, 1.807) is 32.6 Å². The number of nitrogens with zero attached hydrogens (tertiary/aromatic N) is 1. The second-order valence-corrected chi connectivity index (χ2v) is 6.72. The Bertz CT molecular complexity index is 392. The third-order valence-electron chi connectivity index (χ3n) is 2.59. The van der Waals surface area contributed by atoms with Gasteiger partial charge in [0.25, 0.3) is 5.24 Å². The lowest BCUT2D eigenvalue weighted by Crippen LogP contribution is -2.43. The topological polar surface area (TPSA) is 75.7 Å². The summed E-state index contributed by atoms with van der Waals surface area (Å²) >= 11 is 1.26. The van der Waals surface area contributed by atoms with Crippen molar-refractivity contribution >= 4 is 28.9 Å². The van der Waals surface area contributed by atoms with Gasteiger partial charge in [0.1, 0.15) is 11.6 Å². The Hall–Kier alpha value is -1.24. The normalized spacial score (nSPS) is 17.0. The zero-order chi connectivity index (χ0) is 15.3. The van der Waals surface area contributed by atoms with E-state index in [9.17, 15) is 14.4 Å². The molecule has 1 heterocycles. The Kier molecular flexibility index (Phi) is 5.86. The Labute approximate surface area is 123 Å². The molecule has 114 valence electrons. The first kappa shape index (κ1) is 16.8. The van der Waals surface area contributed by atoms with Gasteiger partial charge in [-0.25, -0.2) is 4.79 Å². The van der Waals surface area contributed by atoms with Gasteiger partial charge in [-0.2, -0.15) is 0 Å². The van der Waals surface area contributed by atoms with Gasteiger partial charge in [-0.15, -0.1) is 0 Å².